The number of H-pyrrole nitrogens is 1. The van der Waals surface area contributed by atoms with Crippen LogP contribution in [0.4, 0.5) is 5.69 Å². The fourth-order valence-electron chi connectivity index (χ4n) is 1.93. The Hall–Kier alpha value is -2.43. The lowest BCUT2D eigenvalue weighted by molar-refractivity contribution is 0.828. The Bertz CT molecular complexity index is 647. The molecule has 18 heavy (non-hydrogen) atoms. The summed E-state index contributed by atoms with van der Waals surface area (Å²) in [4.78, 5) is 8.37. The largest absolute Gasteiger partial charge is 0.375 e. The average molecular weight is 239 g/mol. The molecule has 1 unspecified atom stereocenters. The van der Waals surface area contributed by atoms with Gasteiger partial charge in [-0.2, -0.15) is 5.10 Å². The van der Waals surface area contributed by atoms with Gasteiger partial charge in [-0.25, -0.2) is 0 Å². The maximum Gasteiger partial charge on any atom is 0.0881 e. The highest BCUT2D eigenvalue weighted by Gasteiger charge is 2.09. The fraction of sp³-hybridized carbons (Fsp3) is 0.154. The first-order chi connectivity index (χ1) is 8.84. The number of hydrogen-bond donors (Lipinski definition) is 2. The number of nitrogens with one attached hydrogen (secondary N) is 2. The molecular weight excluding hydrogens is 226 g/mol. The van der Waals surface area contributed by atoms with Crippen molar-refractivity contribution in [3.8, 4) is 0 Å². The van der Waals surface area contributed by atoms with Crippen LogP contribution in [-0.2, 0) is 0 Å². The molecule has 2 heterocycles. The summed E-state index contributed by atoms with van der Waals surface area (Å²) < 4.78 is 0. The molecule has 3 aromatic rings. The normalized spacial score (nSPS) is 12.5. The summed E-state index contributed by atoms with van der Waals surface area (Å²) in [6, 6.07) is 6.14. The number of nitrogens with zero attached hydrogens (tertiary/aromatic N) is 3. The summed E-state index contributed by atoms with van der Waals surface area (Å²) in [5.41, 5.74) is 2.94. The Labute approximate surface area is 104 Å². The van der Waals surface area contributed by atoms with Crippen molar-refractivity contribution < 1.29 is 0 Å². The number of para-hydroxylation sites is 1. The Kier molecular flexibility index (Phi) is 2.64. The van der Waals surface area contributed by atoms with Gasteiger partial charge in [0.25, 0.3) is 0 Å². The molecule has 0 aliphatic heterocycles. The first kappa shape index (κ1) is 10.7. The van der Waals surface area contributed by atoms with Crippen molar-refractivity contribution in [1.82, 2.24) is 20.2 Å². The van der Waals surface area contributed by atoms with Crippen molar-refractivity contribution in [1.29, 1.82) is 0 Å². The molecule has 0 saturated carbocycles. The first-order valence-corrected chi connectivity index (χ1v) is 5.79. The van der Waals surface area contributed by atoms with Crippen LogP contribution in [0, 0.1) is 0 Å². The van der Waals surface area contributed by atoms with E-state index in [2.05, 4.69) is 32.4 Å². The number of anilines is 1. The van der Waals surface area contributed by atoms with Gasteiger partial charge in [0, 0.05) is 17.8 Å². The zero-order valence-corrected chi connectivity index (χ0v) is 9.96. The molecule has 3 rings (SSSR count). The first-order valence-electron chi connectivity index (χ1n) is 5.79. The van der Waals surface area contributed by atoms with Gasteiger partial charge in [-0.1, -0.05) is 12.1 Å². The van der Waals surface area contributed by atoms with Crippen LogP contribution in [0.15, 0.2) is 43.0 Å². The molecule has 1 atom stereocenters. The Morgan fingerprint density at radius 3 is 3.00 bits per heavy atom. The molecule has 5 heteroatoms. The number of rotatable bonds is 3. The highest BCUT2D eigenvalue weighted by atomic mass is 15.1. The van der Waals surface area contributed by atoms with Crippen LogP contribution >= 0.6 is 0 Å². The molecule has 0 radical (unpaired) electrons. The molecule has 0 fully saturated rings. The van der Waals surface area contributed by atoms with E-state index in [9.17, 15) is 0 Å². The molecular formula is C13H13N5. The molecule has 0 aliphatic rings. The Morgan fingerprint density at radius 2 is 2.17 bits per heavy atom. The minimum Gasteiger partial charge on any atom is -0.375 e. The third-order valence-corrected chi connectivity index (χ3v) is 2.88. The number of benzene rings is 1. The summed E-state index contributed by atoms with van der Waals surface area (Å²) in [5.74, 6) is 0. The molecule has 5 nitrogen and oxygen atoms in total. The zero-order valence-electron chi connectivity index (χ0n) is 9.96. The van der Waals surface area contributed by atoms with Crippen molar-refractivity contribution in [2.75, 3.05) is 5.32 Å². The second kappa shape index (κ2) is 4.44. The number of hydrogen-bond acceptors (Lipinski definition) is 4. The molecule has 0 bridgehead atoms. The van der Waals surface area contributed by atoms with Gasteiger partial charge in [-0.05, 0) is 13.0 Å². The molecule has 2 aromatic heterocycles. The van der Waals surface area contributed by atoms with Gasteiger partial charge in [0.2, 0.25) is 0 Å². The Balaban J connectivity index is 1.91. The van der Waals surface area contributed by atoms with Crippen molar-refractivity contribution >= 4 is 16.6 Å². The van der Waals surface area contributed by atoms with E-state index in [0.717, 1.165) is 22.3 Å². The van der Waals surface area contributed by atoms with Gasteiger partial charge in [0.05, 0.1) is 35.3 Å². The minimum atomic E-state index is 0.0904. The van der Waals surface area contributed by atoms with Gasteiger partial charge in [0.1, 0.15) is 0 Å². The average Bonchev–Trinajstić information content (AvgIpc) is 2.89. The molecule has 0 amide bonds. The van der Waals surface area contributed by atoms with Gasteiger partial charge >= 0.3 is 0 Å². The molecule has 90 valence electrons. The van der Waals surface area contributed by atoms with Gasteiger partial charge in [0.15, 0.2) is 0 Å². The van der Waals surface area contributed by atoms with Gasteiger partial charge in [-0.3, -0.25) is 15.1 Å². The van der Waals surface area contributed by atoms with Crippen molar-refractivity contribution in [3.63, 3.8) is 0 Å². The Morgan fingerprint density at radius 1 is 1.22 bits per heavy atom. The minimum absolute atomic E-state index is 0.0904. The maximum absolute atomic E-state index is 4.29. The van der Waals surface area contributed by atoms with Crippen LogP contribution in [-0.4, -0.2) is 20.2 Å². The summed E-state index contributed by atoms with van der Waals surface area (Å²) >= 11 is 0. The molecule has 0 saturated heterocycles. The predicted molar refractivity (Wildman–Crippen MR) is 70.2 cm³/mol. The third kappa shape index (κ3) is 1.90. The van der Waals surface area contributed by atoms with Gasteiger partial charge < -0.3 is 5.32 Å². The summed E-state index contributed by atoms with van der Waals surface area (Å²) in [7, 11) is 0. The van der Waals surface area contributed by atoms with Gasteiger partial charge in [-0.15, -0.1) is 0 Å². The third-order valence-electron chi connectivity index (χ3n) is 2.88. The van der Waals surface area contributed by atoms with Crippen LogP contribution in [0.25, 0.3) is 10.9 Å². The van der Waals surface area contributed by atoms with Crippen LogP contribution in [0.2, 0.25) is 0 Å². The molecule has 1 aromatic carbocycles. The van der Waals surface area contributed by atoms with E-state index in [1.807, 2.05) is 24.4 Å². The predicted octanol–water partition coefficient (Wildman–Crippen LogP) is 2.53. The van der Waals surface area contributed by atoms with Crippen molar-refractivity contribution in [3.05, 3.63) is 48.7 Å². The van der Waals surface area contributed by atoms with Crippen LogP contribution < -0.4 is 5.32 Å². The van der Waals surface area contributed by atoms with E-state index in [1.165, 1.54) is 0 Å². The molecule has 0 aliphatic carbocycles. The number of fused-ring (bicyclic) bond motifs is 1. The monoisotopic (exact) mass is 239 g/mol. The van der Waals surface area contributed by atoms with E-state index >= 15 is 0 Å². The van der Waals surface area contributed by atoms with Crippen LogP contribution in [0.3, 0.4) is 0 Å². The van der Waals surface area contributed by atoms with Crippen LogP contribution in [0.5, 0.6) is 0 Å². The summed E-state index contributed by atoms with van der Waals surface area (Å²) in [5, 5.41) is 11.5. The molecule has 2 N–H and O–H groups in total. The lowest BCUT2D eigenvalue weighted by Crippen LogP contribution is -2.08. The van der Waals surface area contributed by atoms with Crippen LogP contribution in [0.1, 0.15) is 18.7 Å². The quantitative estimate of drug-likeness (QED) is 0.737. The van der Waals surface area contributed by atoms with E-state index in [4.69, 9.17) is 0 Å². The fourth-order valence-corrected chi connectivity index (χ4v) is 1.93. The van der Waals surface area contributed by atoms with E-state index < -0.39 is 0 Å². The highest BCUT2D eigenvalue weighted by molar-refractivity contribution is 5.90. The van der Waals surface area contributed by atoms with Crippen molar-refractivity contribution in [2.45, 2.75) is 13.0 Å². The molecule has 0 spiro atoms. The number of aromatic nitrogens is 4. The maximum atomic E-state index is 4.29. The smallest absolute Gasteiger partial charge is 0.0881 e. The summed E-state index contributed by atoms with van der Waals surface area (Å²) in [6.07, 6.45) is 6.95. The lowest BCUT2D eigenvalue weighted by Gasteiger charge is -2.14. The lowest BCUT2D eigenvalue weighted by atomic mass is 10.2. The topological polar surface area (TPSA) is 66.5 Å². The van der Waals surface area contributed by atoms with E-state index in [1.54, 1.807) is 18.6 Å². The SMILES string of the molecule is CC(Nc1cccc2cn[nH]c12)c1cnccn1. The number of aromatic amines is 1. The second-order valence-electron chi connectivity index (χ2n) is 4.14. The van der Waals surface area contributed by atoms with Crippen molar-refractivity contribution in [2.24, 2.45) is 0 Å². The standard InChI is InChI=1S/C13H13N5/c1-9(12-8-14-5-6-15-12)17-11-4-2-3-10-7-16-18-13(10)11/h2-9,17H,1H3,(H,16,18). The van der Waals surface area contributed by atoms with E-state index in [-0.39, 0.29) is 6.04 Å². The highest BCUT2D eigenvalue weighted by Crippen LogP contribution is 2.24. The second-order valence-corrected chi connectivity index (χ2v) is 4.14. The van der Waals surface area contributed by atoms with E-state index in [0.29, 0.717) is 0 Å². The summed E-state index contributed by atoms with van der Waals surface area (Å²) in [6.45, 7) is 2.05. The zero-order chi connectivity index (χ0) is 12.4.